The smallest absolute Gasteiger partial charge is 0.273 e. The van der Waals surface area contributed by atoms with E-state index in [4.69, 9.17) is 5.84 Å². The number of likely N-dealkylation sites (tertiary alicyclic amines) is 1. The number of nitrogens with two attached hydrogens (primary N) is 1. The van der Waals surface area contributed by atoms with Gasteiger partial charge in [-0.05, 0) is 32.0 Å². The fourth-order valence-corrected chi connectivity index (χ4v) is 2.68. The van der Waals surface area contributed by atoms with Crippen LogP contribution in [-0.4, -0.2) is 35.5 Å². The number of anilines is 2. The van der Waals surface area contributed by atoms with E-state index in [-0.39, 0.29) is 5.69 Å². The summed E-state index contributed by atoms with van der Waals surface area (Å²) in [6, 6.07) is 5.22. The fourth-order valence-electron chi connectivity index (χ4n) is 2.68. The van der Waals surface area contributed by atoms with Crippen molar-refractivity contribution in [1.82, 2.24) is 4.90 Å². The molecule has 1 heterocycles. The topological polar surface area (TPSA) is 96.5 Å². The molecule has 1 aromatic rings. The van der Waals surface area contributed by atoms with Crippen LogP contribution < -0.4 is 16.6 Å². The van der Waals surface area contributed by atoms with Crippen molar-refractivity contribution >= 4 is 17.1 Å². The molecule has 1 fully saturated rings. The minimum Gasteiger partial charge on any atom is -0.383 e. The van der Waals surface area contributed by atoms with E-state index < -0.39 is 4.92 Å². The van der Waals surface area contributed by atoms with Gasteiger partial charge in [0, 0.05) is 30.4 Å². The van der Waals surface area contributed by atoms with E-state index in [0.717, 1.165) is 31.7 Å². The van der Waals surface area contributed by atoms with Gasteiger partial charge in [-0.3, -0.25) is 20.9 Å². The highest BCUT2D eigenvalue weighted by Gasteiger charge is 2.22. The average Bonchev–Trinajstić information content (AvgIpc) is 2.92. The molecule has 2 rings (SSSR count). The Hall–Kier alpha value is -1.86. The van der Waals surface area contributed by atoms with E-state index in [1.807, 2.05) is 0 Å². The molecule has 1 aliphatic rings. The minimum atomic E-state index is -0.417. The van der Waals surface area contributed by atoms with Gasteiger partial charge >= 0.3 is 0 Å². The third kappa shape index (κ3) is 3.37. The van der Waals surface area contributed by atoms with E-state index in [1.165, 1.54) is 18.6 Å². The lowest BCUT2D eigenvalue weighted by Crippen LogP contribution is -2.34. The van der Waals surface area contributed by atoms with Gasteiger partial charge in [0.1, 0.15) is 0 Å². The highest BCUT2D eigenvalue weighted by molar-refractivity contribution is 5.63. The molecule has 1 unspecified atom stereocenters. The molecular formula is C13H21N5O2. The van der Waals surface area contributed by atoms with E-state index in [2.05, 4.69) is 22.6 Å². The zero-order valence-electron chi connectivity index (χ0n) is 11.6. The van der Waals surface area contributed by atoms with E-state index in [0.29, 0.717) is 11.7 Å². The molecule has 20 heavy (non-hydrogen) atoms. The molecule has 1 aromatic carbocycles. The number of benzene rings is 1. The van der Waals surface area contributed by atoms with Gasteiger partial charge in [-0.25, -0.2) is 0 Å². The Bertz CT molecular complexity index is 480. The van der Waals surface area contributed by atoms with Crippen LogP contribution in [0.1, 0.15) is 19.8 Å². The molecule has 4 N–H and O–H groups in total. The lowest BCUT2D eigenvalue weighted by molar-refractivity contribution is -0.384. The van der Waals surface area contributed by atoms with Crippen LogP contribution in [0, 0.1) is 10.1 Å². The minimum absolute atomic E-state index is 0.0294. The highest BCUT2D eigenvalue weighted by Crippen LogP contribution is 2.24. The van der Waals surface area contributed by atoms with Crippen LogP contribution in [0.25, 0.3) is 0 Å². The highest BCUT2D eigenvalue weighted by atomic mass is 16.6. The van der Waals surface area contributed by atoms with Gasteiger partial charge in [0.25, 0.3) is 5.69 Å². The number of hydrogen-bond acceptors (Lipinski definition) is 6. The number of nitrogen functional groups attached to an aromatic ring is 1. The third-order valence-electron chi connectivity index (χ3n) is 3.74. The summed E-state index contributed by atoms with van der Waals surface area (Å²) in [5.74, 6) is 5.34. The second-order valence-corrected chi connectivity index (χ2v) is 4.98. The largest absolute Gasteiger partial charge is 0.383 e. The van der Waals surface area contributed by atoms with Gasteiger partial charge in [0.15, 0.2) is 0 Å². The first-order chi connectivity index (χ1) is 9.63. The summed E-state index contributed by atoms with van der Waals surface area (Å²) in [5.41, 5.74) is 3.73. The Balaban J connectivity index is 2.05. The van der Waals surface area contributed by atoms with Gasteiger partial charge in [-0.1, -0.05) is 6.92 Å². The molecule has 0 bridgehead atoms. The van der Waals surface area contributed by atoms with Crippen LogP contribution in [0.3, 0.4) is 0 Å². The number of hydrazine groups is 1. The number of nitrogens with one attached hydrogen (secondary N) is 2. The maximum Gasteiger partial charge on any atom is 0.273 e. The van der Waals surface area contributed by atoms with Gasteiger partial charge in [0.2, 0.25) is 0 Å². The SMILES string of the molecule is CCN1CCCC1CNc1cc(NN)cc([N+](=O)[O-])c1. The fraction of sp³-hybridized carbons (Fsp3) is 0.538. The molecular weight excluding hydrogens is 258 g/mol. The van der Waals surface area contributed by atoms with Crippen LogP contribution in [-0.2, 0) is 0 Å². The first-order valence-corrected chi connectivity index (χ1v) is 6.88. The Morgan fingerprint density at radius 3 is 2.85 bits per heavy atom. The lowest BCUT2D eigenvalue weighted by Gasteiger charge is -2.23. The van der Waals surface area contributed by atoms with Gasteiger partial charge in [0.05, 0.1) is 10.6 Å². The molecule has 0 radical (unpaired) electrons. The second-order valence-electron chi connectivity index (χ2n) is 4.98. The van der Waals surface area contributed by atoms with Crippen molar-refractivity contribution in [1.29, 1.82) is 0 Å². The predicted molar refractivity (Wildman–Crippen MR) is 79.7 cm³/mol. The Morgan fingerprint density at radius 1 is 1.45 bits per heavy atom. The quantitative estimate of drug-likeness (QED) is 0.417. The summed E-state index contributed by atoms with van der Waals surface area (Å²) in [5, 5.41) is 14.2. The second kappa shape index (κ2) is 6.53. The monoisotopic (exact) mass is 279 g/mol. The average molecular weight is 279 g/mol. The van der Waals surface area contributed by atoms with Crippen molar-refractivity contribution in [3.05, 3.63) is 28.3 Å². The van der Waals surface area contributed by atoms with Crippen molar-refractivity contribution in [2.24, 2.45) is 5.84 Å². The van der Waals surface area contributed by atoms with Gasteiger partial charge in [-0.2, -0.15) is 0 Å². The predicted octanol–water partition coefficient (Wildman–Crippen LogP) is 1.78. The summed E-state index contributed by atoms with van der Waals surface area (Å²) in [7, 11) is 0. The van der Waals surface area contributed by atoms with Crippen molar-refractivity contribution in [3.63, 3.8) is 0 Å². The molecule has 7 heteroatoms. The number of nitro benzene ring substituents is 1. The Morgan fingerprint density at radius 2 is 2.20 bits per heavy atom. The van der Waals surface area contributed by atoms with Crippen LogP contribution in [0.15, 0.2) is 18.2 Å². The number of likely N-dealkylation sites (N-methyl/N-ethyl adjacent to an activating group) is 1. The molecule has 7 nitrogen and oxygen atoms in total. The number of nitrogens with zero attached hydrogens (tertiary/aromatic N) is 2. The van der Waals surface area contributed by atoms with Gasteiger partial charge in [-0.15, -0.1) is 0 Å². The zero-order chi connectivity index (χ0) is 14.5. The summed E-state index contributed by atoms with van der Waals surface area (Å²) in [6.07, 6.45) is 2.38. The van der Waals surface area contributed by atoms with Crippen LogP contribution in [0.4, 0.5) is 17.1 Å². The number of non-ortho nitro benzene ring substituents is 1. The van der Waals surface area contributed by atoms with E-state index in [9.17, 15) is 10.1 Å². The molecule has 110 valence electrons. The maximum absolute atomic E-state index is 10.9. The first kappa shape index (κ1) is 14.5. The lowest BCUT2D eigenvalue weighted by atomic mass is 10.2. The third-order valence-corrected chi connectivity index (χ3v) is 3.74. The van der Waals surface area contributed by atoms with Crippen molar-refractivity contribution in [2.45, 2.75) is 25.8 Å². The van der Waals surface area contributed by atoms with Crippen molar-refractivity contribution in [3.8, 4) is 0 Å². The molecule has 1 aliphatic heterocycles. The standard InChI is InChI=1S/C13H21N5O2/c1-2-17-5-3-4-12(17)9-15-10-6-11(16-14)8-13(7-10)18(19)20/h6-8,12,15-16H,2-5,9,14H2,1H3. The summed E-state index contributed by atoms with van der Waals surface area (Å²) < 4.78 is 0. The molecule has 0 aliphatic carbocycles. The molecule has 0 saturated carbocycles. The first-order valence-electron chi connectivity index (χ1n) is 6.88. The zero-order valence-corrected chi connectivity index (χ0v) is 11.6. The summed E-state index contributed by atoms with van der Waals surface area (Å²) in [4.78, 5) is 12.9. The molecule has 1 atom stereocenters. The summed E-state index contributed by atoms with van der Waals surface area (Å²) in [6.45, 7) is 5.12. The number of nitro groups is 1. The van der Waals surface area contributed by atoms with Crippen molar-refractivity contribution in [2.75, 3.05) is 30.4 Å². The number of rotatable bonds is 6. The number of hydrogen-bond donors (Lipinski definition) is 3. The normalized spacial score (nSPS) is 19.0. The van der Waals surface area contributed by atoms with E-state index in [1.54, 1.807) is 6.07 Å². The molecule has 0 spiro atoms. The molecule has 0 aromatic heterocycles. The van der Waals surface area contributed by atoms with E-state index >= 15 is 0 Å². The maximum atomic E-state index is 10.9. The molecule has 0 amide bonds. The van der Waals surface area contributed by atoms with Crippen LogP contribution >= 0.6 is 0 Å². The van der Waals surface area contributed by atoms with Crippen LogP contribution in [0.2, 0.25) is 0 Å². The van der Waals surface area contributed by atoms with Gasteiger partial charge < -0.3 is 10.7 Å². The summed E-state index contributed by atoms with van der Waals surface area (Å²) >= 11 is 0. The van der Waals surface area contributed by atoms with Crippen LogP contribution in [0.5, 0.6) is 0 Å². The van der Waals surface area contributed by atoms with Crippen molar-refractivity contribution < 1.29 is 4.92 Å². The molecule has 1 saturated heterocycles. The Labute approximate surface area is 118 Å². The Kier molecular flexibility index (Phi) is 4.75.